The maximum absolute atomic E-state index is 15.1. The minimum absolute atomic E-state index is 0.304. The summed E-state index contributed by atoms with van der Waals surface area (Å²) in [6.45, 7) is 11.3. The van der Waals surface area contributed by atoms with E-state index in [-0.39, 0.29) is 5.82 Å². The van der Waals surface area contributed by atoms with Gasteiger partial charge in [0.15, 0.2) is 11.6 Å². The van der Waals surface area contributed by atoms with Gasteiger partial charge < -0.3 is 9.47 Å². The topological polar surface area (TPSA) is 21.7 Å². The number of piperidine rings is 1. The van der Waals surface area contributed by atoms with Gasteiger partial charge in [0.2, 0.25) is 0 Å². The van der Waals surface area contributed by atoms with E-state index in [1.54, 1.807) is 6.07 Å². The molecule has 0 unspecified atom stereocenters. The van der Waals surface area contributed by atoms with E-state index in [1.807, 2.05) is 26.8 Å². The van der Waals surface area contributed by atoms with Crippen LogP contribution in [-0.2, 0) is 17.5 Å². The van der Waals surface area contributed by atoms with Crippen molar-refractivity contribution in [1.29, 1.82) is 0 Å². The number of hydrogen-bond donors (Lipinski definition) is 0. The van der Waals surface area contributed by atoms with Crippen molar-refractivity contribution >= 4 is 17.4 Å². The number of hydrogen-bond acceptors (Lipinski definition) is 3. The first-order valence-electron chi connectivity index (χ1n) is 12.4. The quantitative estimate of drug-likeness (QED) is 0.259. The van der Waals surface area contributed by atoms with Crippen molar-refractivity contribution in [2.24, 2.45) is 0 Å². The Morgan fingerprint density at radius 2 is 1.68 bits per heavy atom. The van der Waals surface area contributed by atoms with Crippen LogP contribution in [0.1, 0.15) is 74.6 Å². The van der Waals surface area contributed by atoms with Gasteiger partial charge in [0.1, 0.15) is 23.3 Å². The summed E-state index contributed by atoms with van der Waals surface area (Å²) >= 11 is 5.67. The highest BCUT2D eigenvalue weighted by atomic mass is 35.5. The molecule has 2 aromatic rings. The largest absolute Gasteiger partial charge is 0.488 e. The monoisotopic (exact) mass is 543 g/mol. The van der Waals surface area contributed by atoms with Gasteiger partial charge >= 0.3 is 6.18 Å². The van der Waals surface area contributed by atoms with E-state index in [0.717, 1.165) is 24.0 Å². The van der Waals surface area contributed by atoms with Gasteiger partial charge in [-0.1, -0.05) is 18.2 Å². The molecule has 1 heterocycles. The fourth-order valence-corrected chi connectivity index (χ4v) is 4.81. The number of nitrogens with zero attached hydrogens (tertiary/aromatic N) is 1. The third-order valence-electron chi connectivity index (χ3n) is 6.52. The third-order valence-corrected chi connectivity index (χ3v) is 6.80. The summed E-state index contributed by atoms with van der Waals surface area (Å²) in [4.78, 5) is 2.15. The Balaban J connectivity index is 1.42. The van der Waals surface area contributed by atoms with Crippen LogP contribution in [0.4, 0.5) is 22.0 Å². The molecule has 0 bridgehead atoms. The highest BCUT2D eigenvalue weighted by Crippen LogP contribution is 2.44. The van der Waals surface area contributed by atoms with E-state index in [4.69, 9.17) is 21.1 Å². The van der Waals surface area contributed by atoms with E-state index < -0.39 is 40.0 Å². The molecule has 2 aromatic carbocycles. The molecule has 0 radical (unpaired) electrons. The lowest BCUT2D eigenvalue weighted by Gasteiger charge is -2.33. The normalized spacial score (nSPS) is 17.6. The Bertz CT molecular complexity index is 1160. The van der Waals surface area contributed by atoms with E-state index in [1.165, 1.54) is 0 Å². The summed E-state index contributed by atoms with van der Waals surface area (Å²) in [5.74, 6) is -1.20. The zero-order valence-corrected chi connectivity index (χ0v) is 21.9. The molecular formula is C28H31ClF5NO2. The minimum Gasteiger partial charge on any atom is -0.488 e. The average Bonchev–Trinajstić information content (AvgIpc) is 3.61. The number of halogens is 6. The van der Waals surface area contributed by atoms with E-state index in [0.29, 0.717) is 61.8 Å². The van der Waals surface area contributed by atoms with Gasteiger partial charge in [-0.15, -0.1) is 0 Å². The van der Waals surface area contributed by atoms with Crippen LogP contribution in [0.15, 0.2) is 30.8 Å². The van der Waals surface area contributed by atoms with Gasteiger partial charge in [-0.25, -0.2) is 8.78 Å². The molecule has 1 aliphatic carbocycles. The van der Waals surface area contributed by atoms with Crippen LogP contribution < -0.4 is 4.74 Å². The second kappa shape index (κ2) is 10.4. The Morgan fingerprint density at radius 1 is 1.03 bits per heavy atom. The highest BCUT2D eigenvalue weighted by Gasteiger charge is 2.34. The molecule has 9 heteroatoms. The molecule has 4 rings (SSSR count). The third kappa shape index (κ3) is 6.96. The first-order valence-corrected chi connectivity index (χ1v) is 12.7. The predicted octanol–water partition coefficient (Wildman–Crippen LogP) is 8.34. The fourth-order valence-electron chi connectivity index (χ4n) is 4.60. The molecule has 1 saturated heterocycles. The molecule has 0 spiro atoms. The summed E-state index contributed by atoms with van der Waals surface area (Å²) in [5.41, 5.74) is 0.822. The molecule has 2 aliphatic rings. The number of rotatable bonds is 7. The van der Waals surface area contributed by atoms with Crippen LogP contribution in [0, 0.1) is 11.6 Å². The van der Waals surface area contributed by atoms with Crippen molar-refractivity contribution in [3.05, 3.63) is 69.8 Å². The SMILES string of the molecule is C=C(OC(C)(C)C)c1cc(C2CC2)c(CN2CCC(Oc3cc(C(F)(F)F)cc(Cl)c3F)CC2)cc1F. The molecule has 202 valence electrons. The summed E-state index contributed by atoms with van der Waals surface area (Å²) in [5, 5.41) is -0.629. The predicted molar refractivity (Wildman–Crippen MR) is 134 cm³/mol. The number of likely N-dealkylation sites (tertiary alicyclic amines) is 1. The maximum atomic E-state index is 15.1. The van der Waals surface area contributed by atoms with Gasteiger partial charge in [-0.3, -0.25) is 4.90 Å². The Labute approximate surface area is 219 Å². The van der Waals surface area contributed by atoms with E-state index >= 15 is 4.39 Å². The van der Waals surface area contributed by atoms with Crippen molar-refractivity contribution in [3.63, 3.8) is 0 Å². The minimum atomic E-state index is -4.66. The second-order valence-corrected chi connectivity index (χ2v) is 11.2. The molecular weight excluding hydrogens is 513 g/mol. The zero-order valence-electron chi connectivity index (χ0n) is 21.2. The van der Waals surface area contributed by atoms with Crippen LogP contribution in [0.5, 0.6) is 5.75 Å². The maximum Gasteiger partial charge on any atom is 0.416 e. The highest BCUT2D eigenvalue weighted by molar-refractivity contribution is 6.31. The van der Waals surface area contributed by atoms with E-state index in [2.05, 4.69) is 11.5 Å². The Morgan fingerprint density at radius 3 is 2.24 bits per heavy atom. The van der Waals surface area contributed by atoms with Crippen molar-refractivity contribution in [2.45, 2.75) is 76.8 Å². The Hall–Kier alpha value is -2.32. The summed E-state index contributed by atoms with van der Waals surface area (Å²) in [6, 6.07) is 4.62. The zero-order chi connectivity index (χ0) is 27.1. The molecule has 1 saturated carbocycles. The molecule has 1 aliphatic heterocycles. The number of ether oxygens (including phenoxy) is 2. The summed E-state index contributed by atoms with van der Waals surface area (Å²) in [6.07, 6.45) is -2.04. The summed E-state index contributed by atoms with van der Waals surface area (Å²) in [7, 11) is 0. The lowest BCUT2D eigenvalue weighted by molar-refractivity contribution is -0.137. The molecule has 0 N–H and O–H groups in total. The number of benzene rings is 2. The van der Waals surface area contributed by atoms with Gasteiger partial charge in [-0.05, 0) is 87.8 Å². The van der Waals surface area contributed by atoms with Crippen LogP contribution in [0.3, 0.4) is 0 Å². The fraction of sp³-hybridized carbons (Fsp3) is 0.500. The first-order chi connectivity index (χ1) is 17.2. The Kier molecular flexibility index (Phi) is 7.82. The lowest BCUT2D eigenvalue weighted by atomic mass is 9.97. The van der Waals surface area contributed by atoms with Gasteiger partial charge in [0, 0.05) is 19.6 Å². The molecule has 0 atom stereocenters. The number of alkyl halides is 3. The molecule has 3 nitrogen and oxygen atoms in total. The van der Waals surface area contributed by atoms with Crippen LogP contribution in [-0.4, -0.2) is 29.7 Å². The van der Waals surface area contributed by atoms with Gasteiger partial charge in [0.05, 0.1) is 16.1 Å². The van der Waals surface area contributed by atoms with Crippen LogP contribution >= 0.6 is 11.6 Å². The van der Waals surface area contributed by atoms with Gasteiger partial charge in [0.25, 0.3) is 0 Å². The van der Waals surface area contributed by atoms with Crippen LogP contribution in [0.2, 0.25) is 5.02 Å². The standard InChI is InChI=1S/C28H31ClF5NO2/c1-16(37-27(2,3)4)21-14-22(17-5-6-17)18(11-24(21)30)15-35-9-7-20(8-10-35)36-25-13-19(28(32,33)34)12-23(29)26(25)31/h11-14,17,20H,1,5-10,15H2,2-4H3. The van der Waals surface area contributed by atoms with Gasteiger partial charge in [-0.2, -0.15) is 13.2 Å². The van der Waals surface area contributed by atoms with Crippen molar-refractivity contribution in [1.82, 2.24) is 4.90 Å². The molecule has 2 fully saturated rings. The second-order valence-electron chi connectivity index (χ2n) is 10.8. The average molecular weight is 544 g/mol. The smallest absolute Gasteiger partial charge is 0.416 e. The van der Waals surface area contributed by atoms with Crippen molar-refractivity contribution in [3.8, 4) is 5.75 Å². The first kappa shape index (κ1) is 27.7. The molecule has 0 amide bonds. The van der Waals surface area contributed by atoms with Crippen molar-refractivity contribution < 1.29 is 31.4 Å². The lowest BCUT2D eigenvalue weighted by Crippen LogP contribution is -2.38. The molecule has 37 heavy (non-hydrogen) atoms. The van der Waals surface area contributed by atoms with Crippen LogP contribution in [0.25, 0.3) is 5.76 Å². The van der Waals surface area contributed by atoms with E-state index in [9.17, 15) is 17.6 Å². The van der Waals surface area contributed by atoms with Crippen molar-refractivity contribution in [2.75, 3.05) is 13.1 Å². The summed E-state index contributed by atoms with van der Waals surface area (Å²) < 4.78 is 80.1. The molecule has 0 aromatic heterocycles.